The van der Waals surface area contributed by atoms with Crippen LogP contribution in [0, 0.1) is 6.92 Å². The molecule has 1 fully saturated rings. The molecule has 1 N–H and O–H groups in total. The smallest absolute Gasteiger partial charge is 0.261 e. The van der Waals surface area contributed by atoms with Crippen LogP contribution >= 0.6 is 11.6 Å². The van der Waals surface area contributed by atoms with E-state index in [4.69, 9.17) is 16.3 Å². The monoisotopic (exact) mass is 369 g/mol. The fraction of sp³-hybridized carbons (Fsp3) is 0.300. The zero-order valence-corrected chi connectivity index (χ0v) is 15.3. The van der Waals surface area contributed by atoms with Crippen LogP contribution in [0.2, 0.25) is 5.02 Å². The van der Waals surface area contributed by atoms with Gasteiger partial charge in [0.25, 0.3) is 5.91 Å². The molecule has 1 aliphatic heterocycles. The highest BCUT2D eigenvalue weighted by Crippen LogP contribution is 2.31. The lowest BCUT2D eigenvalue weighted by Crippen LogP contribution is -2.35. The third-order valence-corrected chi connectivity index (χ3v) is 5.02. The number of ether oxygens (including phenoxy) is 1. The summed E-state index contributed by atoms with van der Waals surface area (Å²) in [5.74, 6) is 1.50. The fourth-order valence-electron chi connectivity index (χ4n) is 3.48. The maximum Gasteiger partial charge on any atom is 0.261 e. The Morgan fingerprint density at radius 3 is 3.00 bits per heavy atom. The molecule has 2 aromatic carbocycles. The number of rotatable bonds is 4. The van der Waals surface area contributed by atoms with E-state index in [1.807, 2.05) is 42.2 Å². The molecule has 5 nitrogen and oxygen atoms in total. The molecule has 1 aliphatic rings. The van der Waals surface area contributed by atoms with Gasteiger partial charge in [-0.15, -0.1) is 0 Å². The van der Waals surface area contributed by atoms with E-state index in [-0.39, 0.29) is 18.6 Å². The summed E-state index contributed by atoms with van der Waals surface area (Å²) in [5.41, 5.74) is 2.84. The van der Waals surface area contributed by atoms with E-state index in [9.17, 15) is 4.79 Å². The number of hydrogen-bond donors (Lipinski definition) is 1. The molecular weight excluding hydrogens is 350 g/mol. The first-order valence-corrected chi connectivity index (χ1v) is 9.12. The first kappa shape index (κ1) is 16.9. The minimum Gasteiger partial charge on any atom is -0.483 e. The highest BCUT2D eigenvalue weighted by atomic mass is 35.5. The number of imidazole rings is 1. The van der Waals surface area contributed by atoms with Crippen LogP contribution in [-0.4, -0.2) is 33.9 Å². The van der Waals surface area contributed by atoms with Crippen LogP contribution in [0.5, 0.6) is 5.75 Å². The molecule has 4 rings (SSSR count). The number of amides is 1. The second-order valence-electron chi connectivity index (χ2n) is 6.58. The van der Waals surface area contributed by atoms with Crippen molar-refractivity contribution >= 4 is 28.5 Å². The molecule has 1 aromatic heterocycles. The van der Waals surface area contributed by atoms with Gasteiger partial charge in [-0.2, -0.15) is 0 Å². The Morgan fingerprint density at radius 2 is 2.19 bits per heavy atom. The topological polar surface area (TPSA) is 58.2 Å². The first-order chi connectivity index (χ1) is 12.6. The molecule has 134 valence electrons. The summed E-state index contributed by atoms with van der Waals surface area (Å²) in [5, 5.41) is 0.658. The van der Waals surface area contributed by atoms with E-state index >= 15 is 0 Å². The van der Waals surface area contributed by atoms with Crippen molar-refractivity contribution in [1.82, 2.24) is 14.9 Å². The third-order valence-electron chi connectivity index (χ3n) is 4.78. The number of carbonyl (C=O) groups excluding carboxylic acids is 1. The molecule has 1 amide bonds. The van der Waals surface area contributed by atoms with Crippen molar-refractivity contribution in [2.45, 2.75) is 25.8 Å². The number of nitrogens with zero attached hydrogens (tertiary/aromatic N) is 2. The highest BCUT2D eigenvalue weighted by Gasteiger charge is 2.32. The number of likely N-dealkylation sites (tertiary alicyclic amines) is 1. The summed E-state index contributed by atoms with van der Waals surface area (Å²) in [4.78, 5) is 22.6. The summed E-state index contributed by atoms with van der Waals surface area (Å²) < 4.78 is 5.73. The number of halogens is 1. The van der Waals surface area contributed by atoms with Crippen LogP contribution in [0.4, 0.5) is 0 Å². The van der Waals surface area contributed by atoms with Gasteiger partial charge in [0.2, 0.25) is 0 Å². The number of H-pyrrole nitrogens is 1. The molecule has 1 saturated heterocycles. The number of aromatic nitrogens is 2. The van der Waals surface area contributed by atoms with Gasteiger partial charge in [-0.1, -0.05) is 23.7 Å². The lowest BCUT2D eigenvalue weighted by Gasteiger charge is -2.23. The summed E-state index contributed by atoms with van der Waals surface area (Å²) in [6, 6.07) is 13.3. The van der Waals surface area contributed by atoms with E-state index in [2.05, 4.69) is 9.97 Å². The van der Waals surface area contributed by atoms with Crippen LogP contribution in [-0.2, 0) is 4.79 Å². The van der Waals surface area contributed by atoms with Crippen molar-refractivity contribution in [3.8, 4) is 5.75 Å². The van der Waals surface area contributed by atoms with Crippen molar-refractivity contribution < 1.29 is 9.53 Å². The van der Waals surface area contributed by atoms with E-state index in [0.29, 0.717) is 10.8 Å². The zero-order chi connectivity index (χ0) is 18.1. The minimum atomic E-state index is -0.0256. The zero-order valence-electron chi connectivity index (χ0n) is 14.5. The van der Waals surface area contributed by atoms with Gasteiger partial charge in [0.05, 0.1) is 17.1 Å². The summed E-state index contributed by atoms with van der Waals surface area (Å²) in [7, 11) is 0. The van der Waals surface area contributed by atoms with Crippen molar-refractivity contribution in [3.05, 3.63) is 58.9 Å². The summed E-state index contributed by atoms with van der Waals surface area (Å²) in [6.07, 6.45) is 1.87. The number of benzene rings is 2. The normalized spacial score (nSPS) is 17.0. The SMILES string of the molecule is Cc1cc(Cl)ccc1OCC(=O)N1CCCC1c1nc2ccccc2[nH]1. The van der Waals surface area contributed by atoms with E-state index in [0.717, 1.165) is 41.8 Å². The third kappa shape index (κ3) is 3.27. The molecular formula is C20H20ClN3O2. The first-order valence-electron chi connectivity index (χ1n) is 8.75. The molecule has 26 heavy (non-hydrogen) atoms. The molecule has 1 atom stereocenters. The predicted molar refractivity (Wildman–Crippen MR) is 101 cm³/mol. The molecule has 2 heterocycles. The number of aryl methyl sites for hydroxylation is 1. The Morgan fingerprint density at radius 1 is 1.35 bits per heavy atom. The van der Waals surface area contributed by atoms with Crippen molar-refractivity contribution in [1.29, 1.82) is 0 Å². The average Bonchev–Trinajstić information content (AvgIpc) is 3.27. The molecule has 0 bridgehead atoms. The largest absolute Gasteiger partial charge is 0.483 e. The van der Waals surface area contributed by atoms with Gasteiger partial charge >= 0.3 is 0 Å². The van der Waals surface area contributed by atoms with Crippen LogP contribution in [0.3, 0.4) is 0 Å². The van der Waals surface area contributed by atoms with Crippen LogP contribution < -0.4 is 4.74 Å². The van der Waals surface area contributed by atoms with E-state index < -0.39 is 0 Å². The molecule has 6 heteroatoms. The lowest BCUT2D eigenvalue weighted by molar-refractivity contribution is -0.134. The van der Waals surface area contributed by atoms with Gasteiger partial charge < -0.3 is 14.6 Å². The Balaban J connectivity index is 1.48. The van der Waals surface area contributed by atoms with Crippen LogP contribution in [0.25, 0.3) is 11.0 Å². The number of fused-ring (bicyclic) bond motifs is 1. The Labute approximate surface area is 156 Å². The highest BCUT2D eigenvalue weighted by molar-refractivity contribution is 6.30. The molecule has 0 saturated carbocycles. The van der Waals surface area contributed by atoms with Crippen molar-refractivity contribution in [2.24, 2.45) is 0 Å². The minimum absolute atomic E-state index is 0.0131. The quantitative estimate of drug-likeness (QED) is 0.747. The van der Waals surface area contributed by atoms with Crippen molar-refractivity contribution in [2.75, 3.05) is 13.2 Å². The number of carbonyl (C=O) groups is 1. The fourth-order valence-corrected chi connectivity index (χ4v) is 3.70. The molecule has 0 spiro atoms. The number of nitrogens with one attached hydrogen (secondary N) is 1. The van der Waals surface area contributed by atoms with Crippen LogP contribution in [0.15, 0.2) is 42.5 Å². The van der Waals surface area contributed by atoms with Gasteiger partial charge in [0.1, 0.15) is 11.6 Å². The van der Waals surface area contributed by atoms with Gasteiger partial charge in [-0.05, 0) is 55.7 Å². The maximum absolute atomic E-state index is 12.7. The Kier molecular flexibility index (Phi) is 4.55. The Hall–Kier alpha value is -2.53. The lowest BCUT2D eigenvalue weighted by atomic mass is 10.2. The standard InChI is InChI=1S/C20H20ClN3O2/c1-13-11-14(21)8-9-18(13)26-12-19(25)24-10-4-7-17(24)20-22-15-5-2-3-6-16(15)23-20/h2-3,5-6,8-9,11,17H,4,7,10,12H2,1H3,(H,22,23). The average molecular weight is 370 g/mol. The molecule has 0 aliphatic carbocycles. The second kappa shape index (κ2) is 7.00. The molecule has 3 aromatic rings. The van der Waals surface area contributed by atoms with Crippen LogP contribution in [0.1, 0.15) is 30.3 Å². The number of para-hydroxylation sites is 2. The number of hydrogen-bond acceptors (Lipinski definition) is 3. The molecule has 0 radical (unpaired) electrons. The predicted octanol–water partition coefficient (Wildman–Crippen LogP) is 4.27. The van der Waals surface area contributed by atoms with Gasteiger partial charge in [-0.25, -0.2) is 4.98 Å². The Bertz CT molecular complexity index is 920. The molecule has 1 unspecified atom stereocenters. The van der Waals surface area contributed by atoms with Gasteiger partial charge in [0, 0.05) is 11.6 Å². The maximum atomic E-state index is 12.7. The summed E-state index contributed by atoms with van der Waals surface area (Å²) in [6.45, 7) is 2.65. The van der Waals surface area contributed by atoms with E-state index in [1.54, 1.807) is 12.1 Å². The van der Waals surface area contributed by atoms with Gasteiger partial charge in [-0.3, -0.25) is 4.79 Å². The number of aromatic amines is 1. The second-order valence-corrected chi connectivity index (χ2v) is 7.02. The van der Waals surface area contributed by atoms with E-state index in [1.165, 1.54) is 0 Å². The van der Waals surface area contributed by atoms with Gasteiger partial charge in [0.15, 0.2) is 6.61 Å². The summed E-state index contributed by atoms with van der Waals surface area (Å²) >= 11 is 5.96. The van der Waals surface area contributed by atoms with Crippen molar-refractivity contribution in [3.63, 3.8) is 0 Å².